The third kappa shape index (κ3) is 3.10. The van der Waals surface area contributed by atoms with Gasteiger partial charge in [-0.15, -0.1) is 10.2 Å². The number of benzene rings is 2. The van der Waals surface area contributed by atoms with Gasteiger partial charge in [-0.3, -0.25) is 9.59 Å². The lowest BCUT2D eigenvalue weighted by Gasteiger charge is -2.12. The number of aromatic nitrogens is 6. The molecule has 1 aliphatic carbocycles. The SMILES string of the molecule is O=C1c2nnn(Cc3cccc(Cl)c3)c2C(=O)c2nnn(Cc3cccc(Cl)c3)c21. The Hall–Kier alpha value is -3.36. The van der Waals surface area contributed by atoms with E-state index >= 15 is 0 Å². The van der Waals surface area contributed by atoms with E-state index in [0.717, 1.165) is 11.1 Å². The summed E-state index contributed by atoms with van der Waals surface area (Å²) in [6.45, 7) is 0.488. The van der Waals surface area contributed by atoms with Crippen molar-refractivity contribution in [2.45, 2.75) is 13.1 Å². The lowest BCUT2D eigenvalue weighted by atomic mass is 9.98. The first-order chi connectivity index (χ1) is 14.5. The zero-order valence-electron chi connectivity index (χ0n) is 15.3. The van der Waals surface area contributed by atoms with Gasteiger partial charge in [-0.25, -0.2) is 9.36 Å². The molecule has 1 aliphatic rings. The van der Waals surface area contributed by atoms with Crippen molar-refractivity contribution in [2.75, 3.05) is 0 Å². The molecule has 5 rings (SSSR count). The fraction of sp³-hybridized carbons (Fsp3) is 0.100. The summed E-state index contributed by atoms with van der Waals surface area (Å²) >= 11 is 12.1. The molecule has 0 unspecified atom stereocenters. The maximum Gasteiger partial charge on any atom is 0.236 e. The lowest BCUT2D eigenvalue weighted by Crippen LogP contribution is -2.26. The van der Waals surface area contributed by atoms with Gasteiger partial charge in [0.1, 0.15) is 11.4 Å². The molecular weight excluding hydrogens is 427 g/mol. The highest BCUT2D eigenvalue weighted by molar-refractivity contribution is 6.31. The van der Waals surface area contributed by atoms with Gasteiger partial charge < -0.3 is 0 Å². The summed E-state index contributed by atoms with van der Waals surface area (Å²) in [5.74, 6) is -0.882. The number of fused-ring (bicyclic) bond motifs is 2. The predicted molar refractivity (Wildman–Crippen MR) is 108 cm³/mol. The minimum Gasteiger partial charge on any atom is -0.285 e. The second-order valence-corrected chi connectivity index (χ2v) is 7.68. The molecule has 2 heterocycles. The van der Waals surface area contributed by atoms with E-state index < -0.39 is 11.6 Å². The van der Waals surface area contributed by atoms with E-state index in [-0.39, 0.29) is 35.9 Å². The fourth-order valence-corrected chi connectivity index (χ4v) is 3.87. The maximum atomic E-state index is 13.1. The average Bonchev–Trinajstić information content (AvgIpc) is 3.32. The topological polar surface area (TPSA) is 95.6 Å². The van der Waals surface area contributed by atoms with Gasteiger partial charge in [0.25, 0.3) is 0 Å². The molecule has 8 nitrogen and oxygen atoms in total. The van der Waals surface area contributed by atoms with Crippen molar-refractivity contribution in [3.63, 3.8) is 0 Å². The average molecular weight is 439 g/mol. The smallest absolute Gasteiger partial charge is 0.236 e. The van der Waals surface area contributed by atoms with E-state index in [9.17, 15) is 9.59 Å². The summed E-state index contributed by atoms with van der Waals surface area (Å²) in [7, 11) is 0. The van der Waals surface area contributed by atoms with Crippen LogP contribution in [0.4, 0.5) is 0 Å². The third-order valence-electron chi connectivity index (χ3n) is 4.77. The molecule has 0 saturated heterocycles. The van der Waals surface area contributed by atoms with E-state index in [4.69, 9.17) is 23.2 Å². The fourth-order valence-electron chi connectivity index (χ4n) is 3.44. The van der Waals surface area contributed by atoms with Crippen molar-refractivity contribution >= 4 is 34.8 Å². The quantitative estimate of drug-likeness (QED) is 0.427. The Balaban J connectivity index is 1.51. The molecule has 10 heteroatoms. The highest BCUT2D eigenvalue weighted by Crippen LogP contribution is 2.26. The number of carbonyl (C=O) groups is 2. The predicted octanol–water partition coefficient (Wildman–Crippen LogP) is 3.05. The molecule has 0 radical (unpaired) electrons. The first-order valence-electron chi connectivity index (χ1n) is 8.96. The van der Waals surface area contributed by atoms with Crippen LogP contribution in [0.1, 0.15) is 43.5 Å². The van der Waals surface area contributed by atoms with Crippen LogP contribution < -0.4 is 0 Å². The Labute approximate surface area is 180 Å². The summed E-state index contributed by atoms with van der Waals surface area (Å²) in [6.07, 6.45) is 0. The van der Waals surface area contributed by atoms with Crippen molar-refractivity contribution in [3.05, 3.63) is 92.5 Å². The Bertz CT molecular complexity index is 1220. The highest BCUT2D eigenvalue weighted by atomic mass is 35.5. The van der Waals surface area contributed by atoms with Crippen LogP contribution in [0.25, 0.3) is 0 Å². The monoisotopic (exact) mass is 438 g/mol. The van der Waals surface area contributed by atoms with E-state index in [0.29, 0.717) is 10.0 Å². The van der Waals surface area contributed by atoms with Gasteiger partial charge in [-0.1, -0.05) is 57.9 Å². The Kier molecular flexibility index (Phi) is 4.45. The molecule has 2 aromatic carbocycles. The Morgan fingerprint density at radius 1 is 0.700 bits per heavy atom. The van der Waals surface area contributed by atoms with E-state index in [1.165, 1.54) is 9.36 Å². The normalized spacial score (nSPS) is 12.7. The van der Waals surface area contributed by atoms with Gasteiger partial charge >= 0.3 is 0 Å². The van der Waals surface area contributed by atoms with Crippen LogP contribution in [0.2, 0.25) is 10.0 Å². The van der Waals surface area contributed by atoms with Crippen LogP contribution >= 0.6 is 23.2 Å². The van der Waals surface area contributed by atoms with Crippen molar-refractivity contribution in [1.82, 2.24) is 30.0 Å². The molecule has 0 saturated carbocycles. The van der Waals surface area contributed by atoms with Crippen LogP contribution in [0.3, 0.4) is 0 Å². The van der Waals surface area contributed by atoms with Gasteiger partial charge in [0.15, 0.2) is 11.4 Å². The zero-order chi connectivity index (χ0) is 20.8. The van der Waals surface area contributed by atoms with Gasteiger partial charge in [-0.05, 0) is 35.4 Å². The van der Waals surface area contributed by atoms with Gasteiger partial charge in [0.05, 0.1) is 13.1 Å². The second kappa shape index (κ2) is 7.16. The molecule has 0 amide bonds. The van der Waals surface area contributed by atoms with Crippen LogP contribution in [0.5, 0.6) is 0 Å². The van der Waals surface area contributed by atoms with Crippen LogP contribution in [0.15, 0.2) is 48.5 Å². The van der Waals surface area contributed by atoms with Gasteiger partial charge in [0, 0.05) is 10.0 Å². The van der Waals surface area contributed by atoms with Crippen LogP contribution in [-0.4, -0.2) is 41.6 Å². The second-order valence-electron chi connectivity index (χ2n) is 6.81. The molecule has 4 aromatic rings. The number of rotatable bonds is 4. The number of hydrogen-bond acceptors (Lipinski definition) is 6. The molecule has 0 fully saturated rings. The Morgan fingerprint density at radius 3 is 1.53 bits per heavy atom. The molecule has 0 aliphatic heterocycles. The standard InChI is InChI=1S/C20H12Cl2N6O2/c21-13-5-1-3-11(7-13)9-27-17-15(23-25-27)20(30)18-16(19(17)29)24-26-28(18)10-12-4-2-6-14(22)8-12/h1-8H,9-10H2. The lowest BCUT2D eigenvalue weighted by molar-refractivity contribution is 0.0963. The molecule has 0 spiro atoms. The minimum absolute atomic E-state index is 0.0100. The van der Waals surface area contributed by atoms with Gasteiger partial charge in [-0.2, -0.15) is 0 Å². The zero-order valence-corrected chi connectivity index (χ0v) is 16.8. The number of halogens is 2. The first kappa shape index (κ1) is 18.7. The maximum absolute atomic E-state index is 13.1. The summed E-state index contributed by atoms with van der Waals surface area (Å²) in [5.41, 5.74) is 1.83. The van der Waals surface area contributed by atoms with E-state index in [2.05, 4.69) is 20.6 Å². The number of carbonyl (C=O) groups excluding carboxylic acids is 2. The number of hydrogen-bond donors (Lipinski definition) is 0. The number of nitrogens with zero attached hydrogens (tertiary/aromatic N) is 6. The van der Waals surface area contributed by atoms with Gasteiger partial charge in [0.2, 0.25) is 11.6 Å². The number of ketones is 2. The van der Waals surface area contributed by atoms with Crippen LogP contribution in [0, 0.1) is 0 Å². The molecule has 0 atom stereocenters. The largest absolute Gasteiger partial charge is 0.285 e. The summed E-state index contributed by atoms with van der Waals surface area (Å²) in [4.78, 5) is 26.2. The minimum atomic E-state index is -0.441. The summed E-state index contributed by atoms with van der Waals surface area (Å²) in [5, 5.41) is 17.1. The highest BCUT2D eigenvalue weighted by Gasteiger charge is 2.39. The molecule has 0 bridgehead atoms. The van der Waals surface area contributed by atoms with Crippen molar-refractivity contribution < 1.29 is 9.59 Å². The van der Waals surface area contributed by atoms with Crippen molar-refractivity contribution in [3.8, 4) is 0 Å². The molecule has 30 heavy (non-hydrogen) atoms. The molecule has 148 valence electrons. The third-order valence-corrected chi connectivity index (χ3v) is 5.24. The molecule has 2 aromatic heterocycles. The first-order valence-corrected chi connectivity index (χ1v) is 9.72. The van der Waals surface area contributed by atoms with Crippen molar-refractivity contribution in [1.29, 1.82) is 0 Å². The molecular formula is C20H12Cl2N6O2. The summed E-state index contributed by atoms with van der Waals surface area (Å²) in [6, 6.07) is 14.3. The van der Waals surface area contributed by atoms with Crippen molar-refractivity contribution in [2.24, 2.45) is 0 Å². The Morgan fingerprint density at radius 2 is 1.13 bits per heavy atom. The van der Waals surface area contributed by atoms with E-state index in [1.807, 2.05) is 12.1 Å². The van der Waals surface area contributed by atoms with Crippen LogP contribution in [-0.2, 0) is 13.1 Å². The molecule has 0 N–H and O–H groups in total. The summed E-state index contributed by atoms with van der Waals surface area (Å²) < 4.78 is 2.78. The van der Waals surface area contributed by atoms with E-state index in [1.54, 1.807) is 36.4 Å².